The first kappa shape index (κ1) is 16.2. The third-order valence-electron chi connectivity index (χ3n) is 4.73. The molecule has 2 heterocycles. The Morgan fingerprint density at radius 3 is 2.15 bits per heavy atom. The summed E-state index contributed by atoms with van der Waals surface area (Å²) in [7, 11) is 3.39. The molecule has 0 bridgehead atoms. The fourth-order valence-electron chi connectivity index (χ4n) is 3.66. The van der Waals surface area contributed by atoms with E-state index in [1.807, 2.05) is 6.92 Å². The second-order valence-electron chi connectivity index (χ2n) is 6.12. The predicted molar refractivity (Wildman–Crippen MR) is 74.7 cm³/mol. The van der Waals surface area contributed by atoms with Crippen LogP contribution < -0.4 is 0 Å². The molecule has 0 aromatic heterocycles. The third-order valence-corrected chi connectivity index (χ3v) is 4.73. The Morgan fingerprint density at radius 1 is 0.900 bits per heavy atom. The van der Waals surface area contributed by atoms with E-state index in [0.717, 1.165) is 6.42 Å². The maximum Gasteiger partial charge on any atom is 0.106 e. The zero-order valence-electron chi connectivity index (χ0n) is 13.1. The molecule has 2 saturated heterocycles. The summed E-state index contributed by atoms with van der Waals surface area (Å²) in [6.45, 7) is 6.04. The second-order valence-corrected chi connectivity index (χ2v) is 6.12. The quantitative estimate of drug-likeness (QED) is 0.850. The molecule has 1 unspecified atom stereocenters. The van der Waals surface area contributed by atoms with E-state index in [2.05, 4.69) is 13.8 Å². The van der Waals surface area contributed by atoms with Gasteiger partial charge in [0.05, 0.1) is 36.6 Å². The molecule has 0 saturated carbocycles. The van der Waals surface area contributed by atoms with Crippen LogP contribution in [0.5, 0.6) is 0 Å². The molecule has 1 N–H and O–H groups in total. The van der Waals surface area contributed by atoms with Crippen molar-refractivity contribution in [3.05, 3.63) is 0 Å². The molecule has 2 fully saturated rings. The van der Waals surface area contributed by atoms with Crippen LogP contribution in [0, 0.1) is 5.92 Å². The van der Waals surface area contributed by atoms with Crippen molar-refractivity contribution in [1.82, 2.24) is 0 Å². The average Bonchev–Trinajstić information content (AvgIpc) is 2.41. The minimum absolute atomic E-state index is 0.00852. The minimum atomic E-state index is -0.573. The highest BCUT2D eigenvalue weighted by molar-refractivity contribution is 4.94. The van der Waals surface area contributed by atoms with Crippen LogP contribution in [-0.4, -0.2) is 62.1 Å². The normalized spacial score (nSPS) is 50.1. The Hall–Kier alpha value is -0.200. The molecule has 0 aromatic rings. The largest absolute Gasteiger partial charge is 0.388 e. The topological polar surface area (TPSA) is 57.2 Å². The van der Waals surface area contributed by atoms with Gasteiger partial charge in [-0.25, -0.2) is 0 Å². The molecule has 0 radical (unpaired) electrons. The van der Waals surface area contributed by atoms with Gasteiger partial charge in [0.15, 0.2) is 0 Å². The van der Waals surface area contributed by atoms with Crippen molar-refractivity contribution in [2.45, 2.75) is 76.3 Å². The van der Waals surface area contributed by atoms with Gasteiger partial charge < -0.3 is 24.1 Å². The molecule has 118 valence electrons. The van der Waals surface area contributed by atoms with Crippen LogP contribution in [0.15, 0.2) is 0 Å². The fraction of sp³-hybridized carbons (Fsp3) is 1.00. The fourth-order valence-corrected chi connectivity index (χ4v) is 3.66. The number of hydrogen-bond donors (Lipinski definition) is 1. The van der Waals surface area contributed by atoms with Crippen molar-refractivity contribution in [1.29, 1.82) is 0 Å². The molecule has 20 heavy (non-hydrogen) atoms. The summed E-state index contributed by atoms with van der Waals surface area (Å²) in [5, 5.41) is 10.1. The summed E-state index contributed by atoms with van der Waals surface area (Å²) in [5.41, 5.74) is 0. The molecule has 0 aliphatic carbocycles. The van der Waals surface area contributed by atoms with Crippen molar-refractivity contribution in [2.24, 2.45) is 5.92 Å². The number of aliphatic hydroxyl groups excluding tert-OH is 1. The van der Waals surface area contributed by atoms with E-state index in [0.29, 0.717) is 6.42 Å². The molecular formula is C15H28O5. The van der Waals surface area contributed by atoms with Crippen molar-refractivity contribution >= 4 is 0 Å². The van der Waals surface area contributed by atoms with Crippen molar-refractivity contribution < 1.29 is 24.1 Å². The summed E-state index contributed by atoms with van der Waals surface area (Å²) >= 11 is 0. The molecule has 0 aromatic carbocycles. The van der Waals surface area contributed by atoms with Crippen molar-refractivity contribution in [2.75, 3.05) is 14.2 Å². The lowest BCUT2D eigenvalue weighted by Crippen LogP contribution is -2.56. The van der Waals surface area contributed by atoms with Crippen LogP contribution in [0.4, 0.5) is 0 Å². The van der Waals surface area contributed by atoms with Gasteiger partial charge in [0.2, 0.25) is 0 Å². The molecule has 0 amide bonds. The standard InChI is InChI=1S/C15H28O5/c1-8-6-11(17-4)14(9(2)19-8)12-7-13(18-5)15(16)10(3)20-12/h8-16H,6-7H2,1-5H3/t8-,9-,10-,11-,12+,13-,14?,15-/m0/s1. The van der Waals surface area contributed by atoms with Gasteiger partial charge >= 0.3 is 0 Å². The zero-order chi connectivity index (χ0) is 14.9. The number of rotatable bonds is 3. The van der Waals surface area contributed by atoms with Gasteiger partial charge in [-0.3, -0.25) is 0 Å². The van der Waals surface area contributed by atoms with Crippen LogP contribution in [0.1, 0.15) is 33.6 Å². The highest BCUT2D eigenvalue weighted by atomic mass is 16.5. The molecule has 5 heteroatoms. The smallest absolute Gasteiger partial charge is 0.106 e. The number of methoxy groups -OCH3 is 2. The van der Waals surface area contributed by atoms with E-state index in [9.17, 15) is 5.11 Å². The molecule has 0 spiro atoms. The maximum atomic E-state index is 10.1. The van der Waals surface area contributed by atoms with Crippen LogP contribution in [0.25, 0.3) is 0 Å². The average molecular weight is 288 g/mol. The SMILES string of the molecule is CO[C@H]1C[C@H](C)O[C@@H](C)C1[C@H]1C[C@H](OC)[C@@H](O)[C@H](C)O1. The highest BCUT2D eigenvalue weighted by Gasteiger charge is 2.46. The third kappa shape index (κ3) is 3.17. The second kappa shape index (κ2) is 6.71. The van der Waals surface area contributed by atoms with Gasteiger partial charge in [-0.1, -0.05) is 0 Å². The molecule has 2 aliphatic rings. The number of ether oxygens (including phenoxy) is 4. The van der Waals surface area contributed by atoms with Gasteiger partial charge in [0.25, 0.3) is 0 Å². The maximum absolute atomic E-state index is 10.1. The Morgan fingerprint density at radius 2 is 1.55 bits per heavy atom. The van der Waals surface area contributed by atoms with Crippen LogP contribution in [-0.2, 0) is 18.9 Å². The summed E-state index contributed by atoms with van der Waals surface area (Å²) in [4.78, 5) is 0. The van der Waals surface area contributed by atoms with E-state index in [1.165, 1.54) is 0 Å². The van der Waals surface area contributed by atoms with Gasteiger partial charge in [-0.05, 0) is 27.2 Å². The molecule has 8 atom stereocenters. The Kier molecular flexibility index (Phi) is 5.42. The number of aliphatic hydroxyl groups is 1. The summed E-state index contributed by atoms with van der Waals surface area (Å²) < 4.78 is 23.0. The van der Waals surface area contributed by atoms with Crippen LogP contribution >= 0.6 is 0 Å². The van der Waals surface area contributed by atoms with Gasteiger partial charge in [0.1, 0.15) is 6.10 Å². The first-order valence-electron chi connectivity index (χ1n) is 7.52. The first-order chi connectivity index (χ1) is 9.47. The Labute approximate surface area is 121 Å². The summed E-state index contributed by atoms with van der Waals surface area (Å²) in [5.74, 6) is 0.170. The van der Waals surface area contributed by atoms with Crippen LogP contribution in [0.2, 0.25) is 0 Å². The molecule has 5 nitrogen and oxygen atoms in total. The Bertz CT molecular complexity index is 311. The van der Waals surface area contributed by atoms with Gasteiger partial charge in [0, 0.05) is 26.6 Å². The van der Waals surface area contributed by atoms with Gasteiger partial charge in [-0.2, -0.15) is 0 Å². The van der Waals surface area contributed by atoms with Crippen LogP contribution in [0.3, 0.4) is 0 Å². The van der Waals surface area contributed by atoms with E-state index in [4.69, 9.17) is 18.9 Å². The van der Waals surface area contributed by atoms with Gasteiger partial charge in [-0.15, -0.1) is 0 Å². The predicted octanol–water partition coefficient (Wildman–Crippen LogP) is 1.37. The molecule has 2 aliphatic heterocycles. The van der Waals surface area contributed by atoms with E-state index >= 15 is 0 Å². The molecular weight excluding hydrogens is 260 g/mol. The highest BCUT2D eigenvalue weighted by Crippen LogP contribution is 2.36. The van der Waals surface area contributed by atoms with Crippen molar-refractivity contribution in [3.63, 3.8) is 0 Å². The van der Waals surface area contributed by atoms with E-state index in [1.54, 1.807) is 14.2 Å². The monoisotopic (exact) mass is 288 g/mol. The lowest BCUT2D eigenvalue weighted by atomic mass is 9.80. The summed E-state index contributed by atoms with van der Waals surface area (Å²) in [6.07, 6.45) is 0.954. The first-order valence-corrected chi connectivity index (χ1v) is 7.52. The molecule has 2 rings (SSSR count). The Balaban J connectivity index is 2.12. The van der Waals surface area contributed by atoms with E-state index in [-0.39, 0.29) is 42.5 Å². The lowest BCUT2D eigenvalue weighted by Gasteiger charge is -2.47. The lowest BCUT2D eigenvalue weighted by molar-refractivity contribution is -0.227. The number of hydrogen-bond acceptors (Lipinski definition) is 5. The van der Waals surface area contributed by atoms with E-state index < -0.39 is 6.10 Å². The zero-order valence-corrected chi connectivity index (χ0v) is 13.1. The minimum Gasteiger partial charge on any atom is -0.388 e. The summed E-state index contributed by atoms with van der Waals surface area (Å²) in [6, 6.07) is 0. The van der Waals surface area contributed by atoms with Crippen molar-refractivity contribution in [3.8, 4) is 0 Å².